The molecule has 17 nitrogen and oxygen atoms in total. The lowest BCUT2D eigenvalue weighted by Crippen LogP contribution is -2.30. The van der Waals surface area contributed by atoms with Crippen molar-refractivity contribution in [3.8, 4) is 0 Å². The molecule has 0 fully saturated rings. The summed E-state index contributed by atoms with van der Waals surface area (Å²) in [6.45, 7) is 7.33. The van der Waals surface area contributed by atoms with Crippen molar-refractivity contribution >= 4 is 39.5 Å². The first-order valence-electron chi connectivity index (χ1n) is 40.6. The van der Waals surface area contributed by atoms with E-state index in [2.05, 4.69) is 34.6 Å². The minimum absolute atomic E-state index is 0.109. The number of hydrogen-bond donors (Lipinski definition) is 3. The summed E-state index contributed by atoms with van der Waals surface area (Å²) >= 11 is 0. The van der Waals surface area contributed by atoms with Crippen molar-refractivity contribution < 1.29 is 80.2 Å². The van der Waals surface area contributed by atoms with E-state index in [1.807, 2.05) is 0 Å². The van der Waals surface area contributed by atoms with Gasteiger partial charge in [0.15, 0.2) is 12.2 Å². The Kier molecular flexibility index (Phi) is 69.6. The zero-order valence-electron chi connectivity index (χ0n) is 63.2. The average molecular weight is 1420 g/mol. The number of rotatable bonds is 78. The Labute approximate surface area is 594 Å². The molecule has 0 aromatic heterocycles. The van der Waals surface area contributed by atoms with Gasteiger partial charge in [0.2, 0.25) is 0 Å². The highest BCUT2D eigenvalue weighted by molar-refractivity contribution is 7.47. The Morgan fingerprint density at radius 1 is 0.278 bits per heavy atom. The monoisotopic (exact) mass is 1420 g/mol. The molecule has 0 aromatic carbocycles. The number of phosphoric ester groups is 2. The Morgan fingerprint density at radius 2 is 0.474 bits per heavy atom. The van der Waals surface area contributed by atoms with E-state index >= 15 is 0 Å². The van der Waals surface area contributed by atoms with Crippen LogP contribution in [0.5, 0.6) is 0 Å². The normalized spacial score (nSPS) is 13.9. The van der Waals surface area contributed by atoms with Gasteiger partial charge >= 0.3 is 39.5 Å². The van der Waals surface area contributed by atoms with Crippen molar-refractivity contribution in [2.24, 2.45) is 5.92 Å². The Morgan fingerprint density at radius 3 is 0.701 bits per heavy atom. The third-order valence-corrected chi connectivity index (χ3v) is 20.2. The molecule has 0 aliphatic heterocycles. The van der Waals surface area contributed by atoms with Gasteiger partial charge in [-0.2, -0.15) is 0 Å². The van der Waals surface area contributed by atoms with Gasteiger partial charge in [0.1, 0.15) is 19.3 Å². The maximum atomic E-state index is 13.1. The van der Waals surface area contributed by atoms with Crippen LogP contribution in [0.25, 0.3) is 0 Å². The first kappa shape index (κ1) is 95.1. The van der Waals surface area contributed by atoms with Gasteiger partial charge < -0.3 is 33.8 Å². The molecule has 5 atom stereocenters. The smallest absolute Gasteiger partial charge is 0.462 e. The maximum absolute atomic E-state index is 13.1. The van der Waals surface area contributed by atoms with Gasteiger partial charge in [-0.3, -0.25) is 37.3 Å². The van der Waals surface area contributed by atoms with E-state index < -0.39 is 97.5 Å². The second kappa shape index (κ2) is 71.1. The highest BCUT2D eigenvalue weighted by atomic mass is 31.2. The number of ether oxygens (including phenoxy) is 4. The van der Waals surface area contributed by atoms with Gasteiger partial charge in [0.25, 0.3) is 0 Å². The van der Waals surface area contributed by atoms with Gasteiger partial charge in [-0.25, -0.2) is 9.13 Å². The molecule has 97 heavy (non-hydrogen) atoms. The lowest BCUT2D eigenvalue weighted by Gasteiger charge is -2.21. The zero-order chi connectivity index (χ0) is 71.2. The van der Waals surface area contributed by atoms with Gasteiger partial charge in [-0.05, 0) is 31.6 Å². The third kappa shape index (κ3) is 72.2. The van der Waals surface area contributed by atoms with Crippen LogP contribution in [0, 0.1) is 5.92 Å². The molecule has 19 heteroatoms. The molecular weight excluding hydrogens is 1270 g/mol. The second-order valence-electron chi connectivity index (χ2n) is 28.6. The molecule has 0 rings (SSSR count). The summed E-state index contributed by atoms with van der Waals surface area (Å²) in [5.41, 5.74) is 0. The molecule has 0 heterocycles. The van der Waals surface area contributed by atoms with Crippen LogP contribution < -0.4 is 0 Å². The van der Waals surface area contributed by atoms with Crippen LogP contribution in [0.1, 0.15) is 413 Å². The molecule has 2 unspecified atom stereocenters. The van der Waals surface area contributed by atoms with Crippen LogP contribution in [0.4, 0.5) is 0 Å². The van der Waals surface area contributed by atoms with Crippen molar-refractivity contribution in [3.05, 3.63) is 0 Å². The topological polar surface area (TPSA) is 237 Å². The van der Waals surface area contributed by atoms with Crippen LogP contribution in [-0.2, 0) is 65.4 Å². The van der Waals surface area contributed by atoms with Gasteiger partial charge in [-0.1, -0.05) is 362 Å². The number of carbonyl (C=O) groups is 4. The minimum Gasteiger partial charge on any atom is -0.462 e. The first-order valence-corrected chi connectivity index (χ1v) is 43.6. The summed E-state index contributed by atoms with van der Waals surface area (Å²) in [4.78, 5) is 73.0. The Balaban J connectivity index is 5.27. The van der Waals surface area contributed by atoms with Gasteiger partial charge in [0, 0.05) is 25.7 Å². The predicted octanol–water partition coefficient (Wildman–Crippen LogP) is 23.3. The molecule has 0 radical (unpaired) electrons. The van der Waals surface area contributed by atoms with E-state index in [-0.39, 0.29) is 25.7 Å². The van der Waals surface area contributed by atoms with Crippen LogP contribution in [0.2, 0.25) is 0 Å². The fraction of sp³-hybridized carbons (Fsp3) is 0.949. The van der Waals surface area contributed by atoms with Crippen LogP contribution in [0.3, 0.4) is 0 Å². The number of unbranched alkanes of at least 4 members (excludes halogenated alkanes) is 50. The zero-order valence-corrected chi connectivity index (χ0v) is 65.0. The average Bonchev–Trinajstić information content (AvgIpc) is 1.30. The molecule has 0 aromatic rings. The maximum Gasteiger partial charge on any atom is 0.472 e. The molecule has 3 N–H and O–H groups in total. The van der Waals surface area contributed by atoms with Crippen molar-refractivity contribution in [2.45, 2.75) is 432 Å². The fourth-order valence-corrected chi connectivity index (χ4v) is 13.6. The second-order valence-corrected chi connectivity index (χ2v) is 31.5. The van der Waals surface area contributed by atoms with Crippen LogP contribution in [0.15, 0.2) is 0 Å². The fourth-order valence-electron chi connectivity index (χ4n) is 12.1. The van der Waals surface area contributed by atoms with Crippen molar-refractivity contribution in [1.29, 1.82) is 0 Å². The molecule has 0 aliphatic rings. The largest absolute Gasteiger partial charge is 0.472 e. The highest BCUT2D eigenvalue weighted by Crippen LogP contribution is 2.45. The summed E-state index contributed by atoms with van der Waals surface area (Å²) in [6.07, 6.45) is 60.8. The van der Waals surface area contributed by atoms with Gasteiger partial charge in [0.05, 0.1) is 26.4 Å². The number of esters is 4. The van der Waals surface area contributed by atoms with E-state index in [0.717, 1.165) is 95.8 Å². The predicted molar refractivity (Wildman–Crippen MR) is 395 cm³/mol. The summed E-state index contributed by atoms with van der Waals surface area (Å²) < 4.78 is 68.7. The molecule has 576 valence electrons. The standard InChI is InChI=1S/C78H152O17P2/c1-6-9-12-15-18-21-24-27-29-30-33-38-44-49-54-59-64-78(83)95-74(68-89-76(81)62-57-52-47-42-39-34-35-40-45-50-55-60-71(4)5)70-93-97(86,87)91-66-72(79)65-90-96(84,85)92-69-73(67-88-75(80)61-56-51-46-41-36-31-26-23-20-17-14-11-8-3)94-77(82)63-58-53-48-43-37-32-28-25-22-19-16-13-10-7-2/h71-74,79H,6-70H2,1-5H3,(H,84,85)(H,86,87)/t72-,73+,74+/m0/s1. The molecule has 0 saturated carbocycles. The Hall–Kier alpha value is -1.94. The number of carbonyl (C=O) groups excluding carboxylic acids is 4. The summed E-state index contributed by atoms with van der Waals surface area (Å²) in [5, 5.41) is 10.6. The van der Waals surface area contributed by atoms with Gasteiger partial charge in [-0.15, -0.1) is 0 Å². The van der Waals surface area contributed by atoms with Crippen LogP contribution >= 0.6 is 15.6 Å². The number of phosphoric acid groups is 2. The van der Waals surface area contributed by atoms with Crippen LogP contribution in [-0.4, -0.2) is 96.7 Å². The third-order valence-electron chi connectivity index (χ3n) is 18.3. The quantitative estimate of drug-likeness (QED) is 0.0222. The summed E-state index contributed by atoms with van der Waals surface area (Å²) in [6, 6.07) is 0. The van der Waals surface area contributed by atoms with E-state index in [9.17, 15) is 43.2 Å². The first-order chi connectivity index (χ1) is 47.0. The highest BCUT2D eigenvalue weighted by Gasteiger charge is 2.30. The SMILES string of the molecule is CCCCCCCCCCCCCCCCCCC(=O)O[C@H](COC(=O)CCCCCCCCCCCCCC(C)C)COP(=O)(O)OC[C@@H](O)COP(=O)(O)OC[C@@H](COC(=O)CCCCCCCCCCCCCCC)OC(=O)CCCCCCCCCCCCCCCC. The van der Waals surface area contributed by atoms with E-state index in [4.69, 9.17) is 37.0 Å². The minimum atomic E-state index is -4.96. The molecule has 0 amide bonds. The number of aliphatic hydroxyl groups is 1. The van der Waals surface area contributed by atoms with Crippen molar-refractivity contribution in [1.82, 2.24) is 0 Å². The molecular formula is C78H152O17P2. The van der Waals surface area contributed by atoms with E-state index in [0.29, 0.717) is 25.7 Å². The molecule has 0 bridgehead atoms. The molecule has 0 spiro atoms. The number of aliphatic hydroxyl groups excluding tert-OH is 1. The molecule has 0 saturated heterocycles. The lowest BCUT2D eigenvalue weighted by molar-refractivity contribution is -0.161. The van der Waals surface area contributed by atoms with Crippen molar-refractivity contribution in [3.63, 3.8) is 0 Å². The summed E-state index contributed by atoms with van der Waals surface area (Å²) in [7, 11) is -9.91. The van der Waals surface area contributed by atoms with E-state index in [1.165, 1.54) is 238 Å². The lowest BCUT2D eigenvalue weighted by atomic mass is 10.0. The van der Waals surface area contributed by atoms with Crippen molar-refractivity contribution in [2.75, 3.05) is 39.6 Å². The molecule has 0 aliphatic carbocycles. The number of hydrogen-bond acceptors (Lipinski definition) is 15. The Bertz CT molecular complexity index is 1860. The van der Waals surface area contributed by atoms with E-state index in [1.54, 1.807) is 0 Å². The summed E-state index contributed by atoms with van der Waals surface area (Å²) in [5.74, 6) is -1.34.